The van der Waals surface area contributed by atoms with Gasteiger partial charge in [0.2, 0.25) is 0 Å². The third-order valence-corrected chi connectivity index (χ3v) is 4.65. The zero-order valence-electron chi connectivity index (χ0n) is 13.6. The summed E-state index contributed by atoms with van der Waals surface area (Å²) in [5, 5.41) is 2.95. The highest BCUT2D eigenvalue weighted by Crippen LogP contribution is 2.18. The molecule has 3 aromatic rings. The lowest BCUT2D eigenvalue weighted by atomic mass is 10.2. The lowest BCUT2D eigenvalue weighted by molar-refractivity contribution is 0.0466. The minimum Gasteiger partial charge on any atom is -0.486 e. The number of aromatic nitrogens is 1. The standard InChI is InChI=1S/C19H16ClNO3S/c1-13-6-8-15(9-7-13)23-11-18-21-17(12-25-18)19(22)24-10-14-4-2-3-5-16(14)20/h2-9,12H,10-11H2,1H3. The average molecular weight is 374 g/mol. The first-order valence-electron chi connectivity index (χ1n) is 7.66. The van der Waals surface area contributed by atoms with Crippen LogP contribution in [0.2, 0.25) is 5.02 Å². The Bertz CT molecular complexity index is 861. The lowest BCUT2D eigenvalue weighted by Gasteiger charge is -2.05. The molecule has 4 nitrogen and oxygen atoms in total. The van der Waals surface area contributed by atoms with Gasteiger partial charge >= 0.3 is 5.97 Å². The molecule has 0 spiro atoms. The second kappa shape index (κ2) is 8.14. The molecule has 0 aliphatic rings. The van der Waals surface area contributed by atoms with Crippen LogP contribution in [0, 0.1) is 6.92 Å². The van der Waals surface area contributed by atoms with E-state index in [2.05, 4.69) is 4.98 Å². The van der Waals surface area contributed by atoms with E-state index in [1.54, 1.807) is 11.4 Å². The predicted octanol–water partition coefficient (Wildman–Crippen LogP) is 5.04. The molecular weight excluding hydrogens is 358 g/mol. The molecule has 0 saturated heterocycles. The molecule has 0 fully saturated rings. The number of aryl methyl sites for hydroxylation is 1. The SMILES string of the molecule is Cc1ccc(OCc2nc(C(=O)OCc3ccccc3Cl)cs2)cc1. The summed E-state index contributed by atoms with van der Waals surface area (Å²) in [6.07, 6.45) is 0. The van der Waals surface area contributed by atoms with Gasteiger partial charge in [0.25, 0.3) is 0 Å². The van der Waals surface area contributed by atoms with E-state index in [0.717, 1.165) is 11.3 Å². The van der Waals surface area contributed by atoms with Gasteiger partial charge < -0.3 is 9.47 Å². The predicted molar refractivity (Wildman–Crippen MR) is 98.2 cm³/mol. The fourth-order valence-corrected chi connectivity index (χ4v) is 2.95. The maximum absolute atomic E-state index is 12.1. The summed E-state index contributed by atoms with van der Waals surface area (Å²) in [5.74, 6) is 0.293. The normalized spacial score (nSPS) is 10.5. The van der Waals surface area contributed by atoms with Crippen LogP contribution >= 0.6 is 22.9 Å². The van der Waals surface area contributed by atoms with Crippen molar-refractivity contribution in [1.82, 2.24) is 4.98 Å². The number of halogens is 1. The topological polar surface area (TPSA) is 48.4 Å². The Hall–Kier alpha value is -2.37. The molecule has 0 radical (unpaired) electrons. The van der Waals surface area contributed by atoms with Crippen LogP contribution < -0.4 is 4.74 Å². The Balaban J connectivity index is 1.54. The maximum atomic E-state index is 12.1. The van der Waals surface area contributed by atoms with Crippen molar-refractivity contribution in [3.05, 3.63) is 80.8 Å². The van der Waals surface area contributed by atoms with Gasteiger partial charge in [-0.05, 0) is 25.1 Å². The van der Waals surface area contributed by atoms with Crippen LogP contribution in [0.4, 0.5) is 0 Å². The number of esters is 1. The van der Waals surface area contributed by atoms with Gasteiger partial charge in [0.15, 0.2) is 5.69 Å². The molecule has 0 aliphatic heterocycles. The van der Waals surface area contributed by atoms with Gasteiger partial charge in [-0.15, -0.1) is 11.3 Å². The number of hydrogen-bond acceptors (Lipinski definition) is 5. The number of carbonyl (C=O) groups is 1. The Labute approximate surface area is 155 Å². The molecule has 0 saturated carbocycles. The van der Waals surface area contributed by atoms with Crippen molar-refractivity contribution >= 4 is 28.9 Å². The molecule has 0 N–H and O–H groups in total. The third kappa shape index (κ3) is 4.81. The van der Waals surface area contributed by atoms with Crippen molar-refractivity contribution in [3.8, 4) is 5.75 Å². The molecule has 0 amide bonds. The second-order valence-electron chi connectivity index (χ2n) is 5.40. The van der Waals surface area contributed by atoms with Crippen molar-refractivity contribution < 1.29 is 14.3 Å². The maximum Gasteiger partial charge on any atom is 0.358 e. The number of thiazole rings is 1. The number of hydrogen-bond donors (Lipinski definition) is 0. The minimum absolute atomic E-state index is 0.116. The first kappa shape index (κ1) is 17.5. The molecule has 128 valence electrons. The van der Waals surface area contributed by atoms with E-state index in [-0.39, 0.29) is 12.3 Å². The summed E-state index contributed by atoms with van der Waals surface area (Å²) in [5.41, 5.74) is 2.21. The smallest absolute Gasteiger partial charge is 0.358 e. The van der Waals surface area contributed by atoms with Crippen molar-refractivity contribution in [2.75, 3.05) is 0 Å². The van der Waals surface area contributed by atoms with Crippen LogP contribution in [0.5, 0.6) is 5.75 Å². The van der Waals surface area contributed by atoms with Gasteiger partial charge in [0, 0.05) is 16.0 Å². The summed E-state index contributed by atoms with van der Waals surface area (Å²) in [7, 11) is 0. The molecular formula is C19H16ClNO3S. The van der Waals surface area contributed by atoms with Crippen LogP contribution in [-0.2, 0) is 18.0 Å². The lowest BCUT2D eigenvalue weighted by Crippen LogP contribution is -2.06. The van der Waals surface area contributed by atoms with E-state index in [1.807, 2.05) is 49.4 Å². The van der Waals surface area contributed by atoms with Crippen LogP contribution in [0.25, 0.3) is 0 Å². The molecule has 2 aromatic carbocycles. The summed E-state index contributed by atoms with van der Waals surface area (Å²) in [6, 6.07) is 15.0. The van der Waals surface area contributed by atoms with Gasteiger partial charge in [0.1, 0.15) is 24.0 Å². The Kier molecular flexibility index (Phi) is 5.68. The molecule has 25 heavy (non-hydrogen) atoms. The molecule has 3 rings (SSSR count). The minimum atomic E-state index is -0.474. The van der Waals surface area contributed by atoms with Crippen LogP contribution in [0.15, 0.2) is 53.9 Å². The van der Waals surface area contributed by atoms with Gasteiger partial charge in [0.05, 0.1) is 0 Å². The van der Waals surface area contributed by atoms with E-state index in [1.165, 1.54) is 16.9 Å². The first-order valence-corrected chi connectivity index (χ1v) is 8.92. The summed E-state index contributed by atoms with van der Waals surface area (Å²) in [4.78, 5) is 16.4. The van der Waals surface area contributed by atoms with Crippen molar-refractivity contribution in [2.24, 2.45) is 0 Å². The van der Waals surface area contributed by atoms with Gasteiger partial charge in [-0.2, -0.15) is 0 Å². The van der Waals surface area contributed by atoms with Crippen LogP contribution in [0.1, 0.15) is 26.6 Å². The molecule has 0 atom stereocenters. The number of ether oxygens (including phenoxy) is 2. The van der Waals surface area contributed by atoms with Crippen molar-refractivity contribution in [2.45, 2.75) is 20.1 Å². The average Bonchev–Trinajstić information content (AvgIpc) is 3.09. The number of benzene rings is 2. The van der Waals surface area contributed by atoms with E-state index in [4.69, 9.17) is 21.1 Å². The summed E-state index contributed by atoms with van der Waals surface area (Å²) < 4.78 is 10.9. The summed E-state index contributed by atoms with van der Waals surface area (Å²) in [6.45, 7) is 2.45. The Morgan fingerprint density at radius 1 is 1.12 bits per heavy atom. The van der Waals surface area contributed by atoms with E-state index in [0.29, 0.717) is 16.6 Å². The zero-order chi connectivity index (χ0) is 17.6. The molecule has 1 heterocycles. The van der Waals surface area contributed by atoms with Gasteiger partial charge in [-0.25, -0.2) is 9.78 Å². The zero-order valence-corrected chi connectivity index (χ0v) is 15.1. The Morgan fingerprint density at radius 2 is 1.88 bits per heavy atom. The second-order valence-corrected chi connectivity index (χ2v) is 6.75. The van der Waals surface area contributed by atoms with Crippen molar-refractivity contribution in [1.29, 1.82) is 0 Å². The highest BCUT2D eigenvalue weighted by Gasteiger charge is 2.13. The van der Waals surface area contributed by atoms with Crippen LogP contribution in [0.3, 0.4) is 0 Å². The molecule has 0 aliphatic carbocycles. The monoisotopic (exact) mass is 373 g/mol. The van der Waals surface area contributed by atoms with E-state index < -0.39 is 5.97 Å². The van der Waals surface area contributed by atoms with Gasteiger partial charge in [-0.1, -0.05) is 47.5 Å². The van der Waals surface area contributed by atoms with Gasteiger partial charge in [-0.3, -0.25) is 0 Å². The first-order chi connectivity index (χ1) is 12.1. The number of nitrogens with zero attached hydrogens (tertiary/aromatic N) is 1. The highest BCUT2D eigenvalue weighted by atomic mass is 35.5. The third-order valence-electron chi connectivity index (χ3n) is 3.46. The molecule has 0 bridgehead atoms. The van der Waals surface area contributed by atoms with Crippen molar-refractivity contribution in [3.63, 3.8) is 0 Å². The van der Waals surface area contributed by atoms with Crippen LogP contribution in [-0.4, -0.2) is 11.0 Å². The Morgan fingerprint density at radius 3 is 2.64 bits per heavy atom. The quantitative estimate of drug-likeness (QED) is 0.568. The fraction of sp³-hybridized carbons (Fsp3) is 0.158. The largest absolute Gasteiger partial charge is 0.486 e. The fourth-order valence-electron chi connectivity index (χ4n) is 2.08. The molecule has 0 unspecified atom stereocenters. The van der Waals surface area contributed by atoms with E-state index in [9.17, 15) is 4.79 Å². The van der Waals surface area contributed by atoms with E-state index >= 15 is 0 Å². The summed E-state index contributed by atoms with van der Waals surface area (Å²) >= 11 is 7.41. The molecule has 6 heteroatoms. The number of carbonyl (C=O) groups excluding carboxylic acids is 1. The number of rotatable bonds is 6. The highest BCUT2D eigenvalue weighted by molar-refractivity contribution is 7.09. The molecule has 1 aromatic heterocycles.